The van der Waals surface area contributed by atoms with E-state index < -0.39 is 0 Å². The number of ketones is 1. The lowest BCUT2D eigenvalue weighted by molar-refractivity contribution is -0.112. The predicted octanol–water partition coefficient (Wildman–Crippen LogP) is 0.646. The SMILES string of the molecule is CC(=O)/C=C\n1cnc(C)n1. The summed E-state index contributed by atoms with van der Waals surface area (Å²) in [4.78, 5) is 14.4. The number of allylic oxidation sites excluding steroid dienone is 1. The van der Waals surface area contributed by atoms with Crippen molar-refractivity contribution in [2.24, 2.45) is 0 Å². The van der Waals surface area contributed by atoms with E-state index in [-0.39, 0.29) is 5.78 Å². The van der Waals surface area contributed by atoms with Gasteiger partial charge in [0.25, 0.3) is 0 Å². The molecule has 1 aromatic heterocycles. The molecule has 0 atom stereocenters. The topological polar surface area (TPSA) is 47.8 Å². The van der Waals surface area contributed by atoms with Crippen LogP contribution in [0, 0.1) is 6.92 Å². The minimum absolute atomic E-state index is 0.00171. The lowest BCUT2D eigenvalue weighted by Crippen LogP contribution is -1.89. The van der Waals surface area contributed by atoms with Crippen LogP contribution in [0.3, 0.4) is 0 Å². The van der Waals surface area contributed by atoms with Crippen LogP contribution in [0.4, 0.5) is 0 Å². The van der Waals surface area contributed by atoms with Crippen molar-refractivity contribution in [1.29, 1.82) is 0 Å². The molecule has 0 aliphatic carbocycles. The summed E-state index contributed by atoms with van der Waals surface area (Å²) in [5.74, 6) is 0.691. The lowest BCUT2D eigenvalue weighted by atomic mass is 10.4. The minimum atomic E-state index is -0.00171. The standard InChI is InChI=1S/C7H9N3O/c1-6(11)3-4-10-5-8-7(2)9-10/h3-5H,1-2H3/b4-3-. The number of carbonyl (C=O) groups is 1. The van der Waals surface area contributed by atoms with E-state index in [9.17, 15) is 4.79 Å². The molecule has 4 nitrogen and oxygen atoms in total. The third kappa shape index (κ3) is 2.33. The molecule has 0 amide bonds. The van der Waals surface area contributed by atoms with Crippen LogP contribution in [-0.2, 0) is 4.79 Å². The molecule has 0 aromatic carbocycles. The average Bonchev–Trinajstić information content (AvgIpc) is 2.31. The van der Waals surface area contributed by atoms with Gasteiger partial charge in [0.15, 0.2) is 5.78 Å². The lowest BCUT2D eigenvalue weighted by Gasteiger charge is -1.84. The molecule has 0 aliphatic rings. The second kappa shape index (κ2) is 3.09. The quantitative estimate of drug-likeness (QED) is 0.583. The van der Waals surface area contributed by atoms with E-state index in [4.69, 9.17) is 0 Å². The Morgan fingerprint density at radius 1 is 1.73 bits per heavy atom. The number of hydrogen-bond acceptors (Lipinski definition) is 3. The fourth-order valence-corrected chi connectivity index (χ4v) is 0.615. The third-order valence-electron chi connectivity index (χ3n) is 1.09. The molecule has 0 saturated heterocycles. The van der Waals surface area contributed by atoms with Crippen LogP contribution in [0.15, 0.2) is 12.4 Å². The highest BCUT2D eigenvalue weighted by Gasteiger charge is 1.89. The van der Waals surface area contributed by atoms with Crippen molar-refractivity contribution >= 4 is 12.0 Å². The van der Waals surface area contributed by atoms with Gasteiger partial charge in [0, 0.05) is 6.20 Å². The van der Waals surface area contributed by atoms with Crippen molar-refractivity contribution in [3.8, 4) is 0 Å². The highest BCUT2D eigenvalue weighted by Crippen LogP contribution is 1.87. The maximum absolute atomic E-state index is 10.5. The Morgan fingerprint density at radius 2 is 2.45 bits per heavy atom. The van der Waals surface area contributed by atoms with Crippen LogP contribution in [0.25, 0.3) is 6.20 Å². The molecule has 0 N–H and O–H groups in total. The zero-order valence-electron chi connectivity index (χ0n) is 6.48. The van der Waals surface area contributed by atoms with E-state index in [1.807, 2.05) is 0 Å². The van der Waals surface area contributed by atoms with Gasteiger partial charge in [-0.15, -0.1) is 0 Å². The summed E-state index contributed by atoms with van der Waals surface area (Å²) in [7, 11) is 0. The highest BCUT2D eigenvalue weighted by atomic mass is 16.1. The van der Waals surface area contributed by atoms with Crippen LogP contribution in [0.2, 0.25) is 0 Å². The van der Waals surface area contributed by atoms with Crippen molar-refractivity contribution in [2.75, 3.05) is 0 Å². The van der Waals surface area contributed by atoms with Gasteiger partial charge in [-0.3, -0.25) is 4.79 Å². The van der Waals surface area contributed by atoms with Crippen LogP contribution in [0.5, 0.6) is 0 Å². The zero-order valence-corrected chi connectivity index (χ0v) is 6.48. The van der Waals surface area contributed by atoms with Crippen LogP contribution >= 0.6 is 0 Å². The third-order valence-corrected chi connectivity index (χ3v) is 1.09. The number of nitrogens with zero attached hydrogens (tertiary/aromatic N) is 3. The van der Waals surface area contributed by atoms with Crippen LogP contribution in [0.1, 0.15) is 12.7 Å². The number of aryl methyl sites for hydroxylation is 1. The number of aromatic nitrogens is 3. The first-order valence-corrected chi connectivity index (χ1v) is 3.25. The first-order chi connectivity index (χ1) is 5.18. The normalized spacial score (nSPS) is 10.7. The van der Waals surface area contributed by atoms with Gasteiger partial charge in [0.05, 0.1) is 0 Å². The Hall–Kier alpha value is -1.45. The van der Waals surface area contributed by atoms with E-state index in [2.05, 4.69) is 10.1 Å². The summed E-state index contributed by atoms with van der Waals surface area (Å²) in [6.07, 6.45) is 4.56. The molecule has 0 bridgehead atoms. The Morgan fingerprint density at radius 3 is 2.91 bits per heavy atom. The number of carbonyl (C=O) groups excluding carboxylic acids is 1. The van der Waals surface area contributed by atoms with Crippen molar-refractivity contribution in [3.63, 3.8) is 0 Å². The molecule has 4 heteroatoms. The molecular formula is C7H9N3O. The first kappa shape index (κ1) is 7.65. The Labute approximate surface area is 64.6 Å². The second-order valence-electron chi connectivity index (χ2n) is 2.20. The Balaban J connectivity index is 2.71. The minimum Gasteiger partial charge on any atom is -0.295 e. The largest absolute Gasteiger partial charge is 0.295 e. The summed E-state index contributed by atoms with van der Waals surface area (Å²) < 4.78 is 1.50. The van der Waals surface area contributed by atoms with Gasteiger partial charge in [-0.1, -0.05) is 0 Å². The summed E-state index contributed by atoms with van der Waals surface area (Å²) in [6, 6.07) is 0. The second-order valence-corrected chi connectivity index (χ2v) is 2.20. The smallest absolute Gasteiger partial charge is 0.154 e. The molecule has 58 valence electrons. The molecule has 11 heavy (non-hydrogen) atoms. The summed E-state index contributed by atoms with van der Waals surface area (Å²) in [6.45, 7) is 3.28. The maximum atomic E-state index is 10.5. The predicted molar refractivity (Wildman–Crippen MR) is 40.8 cm³/mol. The molecular weight excluding hydrogens is 142 g/mol. The molecule has 1 heterocycles. The summed E-state index contributed by atoms with van der Waals surface area (Å²) >= 11 is 0. The van der Waals surface area contributed by atoms with E-state index in [1.54, 1.807) is 19.5 Å². The molecule has 0 fully saturated rings. The molecule has 1 aromatic rings. The molecule has 1 rings (SSSR count). The van der Waals surface area contributed by atoms with Crippen molar-refractivity contribution in [1.82, 2.24) is 14.8 Å². The van der Waals surface area contributed by atoms with Gasteiger partial charge in [-0.2, -0.15) is 5.10 Å². The fraction of sp³-hybridized carbons (Fsp3) is 0.286. The molecule has 0 aliphatic heterocycles. The van der Waals surface area contributed by atoms with Crippen molar-refractivity contribution in [2.45, 2.75) is 13.8 Å². The van der Waals surface area contributed by atoms with Crippen LogP contribution < -0.4 is 0 Å². The molecule has 0 saturated carbocycles. The maximum Gasteiger partial charge on any atom is 0.154 e. The highest BCUT2D eigenvalue weighted by molar-refractivity contribution is 5.89. The molecule has 0 unspecified atom stereocenters. The van der Waals surface area contributed by atoms with Crippen molar-refractivity contribution < 1.29 is 4.79 Å². The van der Waals surface area contributed by atoms with E-state index >= 15 is 0 Å². The van der Waals surface area contributed by atoms with E-state index in [0.717, 1.165) is 0 Å². The van der Waals surface area contributed by atoms with Gasteiger partial charge in [0.1, 0.15) is 12.2 Å². The van der Waals surface area contributed by atoms with Gasteiger partial charge in [-0.05, 0) is 19.9 Å². The van der Waals surface area contributed by atoms with E-state index in [1.165, 1.54) is 17.7 Å². The number of hydrogen-bond donors (Lipinski definition) is 0. The van der Waals surface area contributed by atoms with Crippen molar-refractivity contribution in [3.05, 3.63) is 18.2 Å². The zero-order chi connectivity index (χ0) is 8.27. The Kier molecular flexibility index (Phi) is 2.15. The van der Waals surface area contributed by atoms with Gasteiger partial charge < -0.3 is 0 Å². The van der Waals surface area contributed by atoms with Gasteiger partial charge in [0.2, 0.25) is 0 Å². The van der Waals surface area contributed by atoms with Gasteiger partial charge >= 0.3 is 0 Å². The van der Waals surface area contributed by atoms with Gasteiger partial charge in [-0.25, -0.2) is 9.67 Å². The molecule has 0 radical (unpaired) electrons. The monoisotopic (exact) mass is 151 g/mol. The number of rotatable bonds is 2. The van der Waals surface area contributed by atoms with E-state index in [0.29, 0.717) is 5.82 Å². The van der Waals surface area contributed by atoms with Crippen LogP contribution in [-0.4, -0.2) is 20.5 Å². The first-order valence-electron chi connectivity index (χ1n) is 3.25. The Bertz CT molecular complexity index is 288. The molecule has 0 spiro atoms. The summed E-state index contributed by atoms with van der Waals surface area (Å²) in [5, 5.41) is 3.95. The summed E-state index contributed by atoms with van der Waals surface area (Å²) in [5.41, 5.74) is 0. The average molecular weight is 151 g/mol. The fourth-order valence-electron chi connectivity index (χ4n) is 0.615.